The Morgan fingerprint density at radius 1 is 1.17 bits per heavy atom. The molecule has 4 nitrogen and oxygen atoms in total. The number of hydrogen-bond acceptors (Lipinski definition) is 3. The largest absolute Gasteiger partial charge is 0.497 e. The standard InChI is InChI=1S/C20H19NO3/c1-21(14-15-6-5-8-17(12-15)23-2)20(22)11-10-18-13-16-7-3-4-9-19(16)24-18/h3-13H,14H2,1-2H3/b11-10+. The van der Waals surface area contributed by atoms with Gasteiger partial charge in [0.25, 0.3) is 0 Å². The van der Waals surface area contributed by atoms with Gasteiger partial charge in [-0.25, -0.2) is 0 Å². The summed E-state index contributed by atoms with van der Waals surface area (Å²) in [5, 5.41) is 1.02. The second-order valence-corrected chi connectivity index (χ2v) is 5.57. The van der Waals surface area contributed by atoms with Gasteiger partial charge in [0.05, 0.1) is 7.11 Å². The van der Waals surface area contributed by atoms with Gasteiger partial charge in [0.15, 0.2) is 0 Å². The summed E-state index contributed by atoms with van der Waals surface area (Å²) in [6.07, 6.45) is 3.22. The van der Waals surface area contributed by atoms with Crippen LogP contribution in [0.1, 0.15) is 11.3 Å². The van der Waals surface area contributed by atoms with Crippen LogP contribution in [0.5, 0.6) is 5.75 Å². The van der Waals surface area contributed by atoms with Crippen LogP contribution in [0.25, 0.3) is 17.0 Å². The zero-order valence-electron chi connectivity index (χ0n) is 13.7. The zero-order valence-corrected chi connectivity index (χ0v) is 13.7. The van der Waals surface area contributed by atoms with Crippen molar-refractivity contribution in [3.63, 3.8) is 0 Å². The highest BCUT2D eigenvalue weighted by Crippen LogP contribution is 2.20. The molecule has 4 heteroatoms. The zero-order chi connectivity index (χ0) is 16.9. The number of fused-ring (bicyclic) bond motifs is 1. The van der Waals surface area contributed by atoms with Gasteiger partial charge in [-0.05, 0) is 35.9 Å². The van der Waals surface area contributed by atoms with Gasteiger partial charge in [-0.2, -0.15) is 0 Å². The quantitative estimate of drug-likeness (QED) is 0.664. The Morgan fingerprint density at radius 2 is 2.00 bits per heavy atom. The lowest BCUT2D eigenvalue weighted by Gasteiger charge is -2.15. The molecule has 122 valence electrons. The average molecular weight is 321 g/mol. The highest BCUT2D eigenvalue weighted by Gasteiger charge is 2.07. The lowest BCUT2D eigenvalue weighted by molar-refractivity contribution is -0.125. The molecule has 1 aromatic heterocycles. The minimum Gasteiger partial charge on any atom is -0.497 e. The maximum absolute atomic E-state index is 12.3. The number of para-hydroxylation sites is 1. The van der Waals surface area contributed by atoms with Crippen molar-refractivity contribution >= 4 is 23.0 Å². The molecule has 1 heterocycles. The van der Waals surface area contributed by atoms with E-state index in [0.717, 1.165) is 22.3 Å². The first-order valence-electron chi connectivity index (χ1n) is 7.70. The van der Waals surface area contributed by atoms with Crippen molar-refractivity contribution in [2.75, 3.05) is 14.2 Å². The minimum absolute atomic E-state index is 0.0849. The van der Waals surface area contributed by atoms with E-state index >= 15 is 0 Å². The average Bonchev–Trinajstić information content (AvgIpc) is 3.02. The second-order valence-electron chi connectivity index (χ2n) is 5.57. The highest BCUT2D eigenvalue weighted by molar-refractivity contribution is 5.92. The van der Waals surface area contributed by atoms with Gasteiger partial charge in [0.2, 0.25) is 5.91 Å². The van der Waals surface area contributed by atoms with Gasteiger partial charge in [-0.15, -0.1) is 0 Å². The predicted octanol–water partition coefficient (Wildman–Crippen LogP) is 4.11. The number of hydrogen-bond donors (Lipinski definition) is 0. The first-order valence-corrected chi connectivity index (χ1v) is 7.70. The van der Waals surface area contributed by atoms with Gasteiger partial charge in [-0.1, -0.05) is 30.3 Å². The number of carbonyl (C=O) groups excluding carboxylic acids is 1. The fourth-order valence-electron chi connectivity index (χ4n) is 2.49. The lowest BCUT2D eigenvalue weighted by atomic mass is 10.2. The van der Waals surface area contributed by atoms with E-state index in [0.29, 0.717) is 12.3 Å². The normalized spacial score (nSPS) is 11.1. The third-order valence-electron chi connectivity index (χ3n) is 3.76. The first kappa shape index (κ1) is 15.9. The van der Waals surface area contributed by atoms with Gasteiger partial charge < -0.3 is 14.1 Å². The van der Waals surface area contributed by atoms with Crippen molar-refractivity contribution in [3.05, 3.63) is 72.0 Å². The molecule has 0 saturated heterocycles. The molecule has 1 amide bonds. The molecule has 0 saturated carbocycles. The first-order chi connectivity index (χ1) is 11.7. The van der Waals surface area contributed by atoms with E-state index in [4.69, 9.17) is 9.15 Å². The second kappa shape index (κ2) is 7.04. The molecule has 0 aliphatic heterocycles. The van der Waals surface area contributed by atoms with Crippen LogP contribution >= 0.6 is 0 Å². The number of likely N-dealkylation sites (N-methyl/N-ethyl adjacent to an activating group) is 1. The topological polar surface area (TPSA) is 42.7 Å². The highest BCUT2D eigenvalue weighted by atomic mass is 16.5. The third kappa shape index (κ3) is 3.66. The summed E-state index contributed by atoms with van der Waals surface area (Å²) in [4.78, 5) is 13.9. The van der Waals surface area contributed by atoms with Crippen molar-refractivity contribution in [2.24, 2.45) is 0 Å². The molecule has 3 rings (SSSR count). The fraction of sp³-hybridized carbons (Fsp3) is 0.150. The third-order valence-corrected chi connectivity index (χ3v) is 3.76. The monoisotopic (exact) mass is 321 g/mol. The van der Waals surface area contributed by atoms with Crippen LogP contribution in [0, 0.1) is 0 Å². The Kier molecular flexibility index (Phi) is 4.66. The van der Waals surface area contributed by atoms with Crippen LogP contribution in [-0.2, 0) is 11.3 Å². The van der Waals surface area contributed by atoms with E-state index in [2.05, 4.69) is 0 Å². The Morgan fingerprint density at radius 3 is 2.79 bits per heavy atom. The molecule has 0 spiro atoms. The molecule has 0 unspecified atom stereocenters. The summed E-state index contributed by atoms with van der Waals surface area (Å²) in [6, 6.07) is 17.4. The maximum Gasteiger partial charge on any atom is 0.246 e. The van der Waals surface area contributed by atoms with E-state index in [9.17, 15) is 4.79 Å². The van der Waals surface area contributed by atoms with Crippen molar-refractivity contribution in [1.82, 2.24) is 4.90 Å². The van der Waals surface area contributed by atoms with Crippen LogP contribution < -0.4 is 4.74 Å². The smallest absolute Gasteiger partial charge is 0.246 e. The summed E-state index contributed by atoms with van der Waals surface area (Å²) in [5.41, 5.74) is 1.83. The molecule has 24 heavy (non-hydrogen) atoms. The van der Waals surface area contributed by atoms with Gasteiger partial charge in [0, 0.05) is 25.1 Å². The lowest BCUT2D eigenvalue weighted by Crippen LogP contribution is -2.24. The van der Waals surface area contributed by atoms with E-state index < -0.39 is 0 Å². The van der Waals surface area contributed by atoms with Crippen LogP contribution in [0.15, 0.2) is 65.1 Å². The Labute approximate surface area is 140 Å². The molecule has 0 N–H and O–H groups in total. The predicted molar refractivity (Wildman–Crippen MR) is 94.7 cm³/mol. The number of carbonyl (C=O) groups is 1. The summed E-state index contributed by atoms with van der Waals surface area (Å²) >= 11 is 0. The number of nitrogens with zero attached hydrogens (tertiary/aromatic N) is 1. The Balaban J connectivity index is 1.66. The molecule has 0 radical (unpaired) electrons. The molecule has 0 atom stereocenters. The molecule has 0 aliphatic rings. The van der Waals surface area contributed by atoms with Gasteiger partial charge in [-0.3, -0.25) is 4.79 Å². The molecule has 0 bridgehead atoms. The molecule has 3 aromatic rings. The van der Waals surface area contributed by atoms with Crippen molar-refractivity contribution in [1.29, 1.82) is 0 Å². The SMILES string of the molecule is COc1cccc(CN(C)C(=O)/C=C/c2cc3ccccc3o2)c1. The van der Waals surface area contributed by atoms with Crippen LogP contribution in [-0.4, -0.2) is 25.0 Å². The number of rotatable bonds is 5. The maximum atomic E-state index is 12.3. The van der Waals surface area contributed by atoms with E-state index in [1.54, 1.807) is 25.1 Å². The Bertz CT molecular complexity index is 846. The number of amides is 1. The molecule has 0 fully saturated rings. The van der Waals surface area contributed by atoms with Crippen molar-refractivity contribution in [2.45, 2.75) is 6.54 Å². The Hall–Kier alpha value is -3.01. The number of ether oxygens (including phenoxy) is 1. The van der Waals surface area contributed by atoms with E-state index in [1.165, 1.54) is 6.08 Å². The summed E-state index contributed by atoms with van der Waals surface area (Å²) in [6.45, 7) is 0.514. The molecule has 0 aliphatic carbocycles. The van der Waals surface area contributed by atoms with Crippen LogP contribution in [0.3, 0.4) is 0 Å². The molecule has 2 aromatic carbocycles. The fourth-order valence-corrected chi connectivity index (χ4v) is 2.49. The van der Waals surface area contributed by atoms with Gasteiger partial charge >= 0.3 is 0 Å². The summed E-state index contributed by atoms with van der Waals surface area (Å²) in [5.74, 6) is 1.36. The summed E-state index contributed by atoms with van der Waals surface area (Å²) in [7, 11) is 3.40. The van der Waals surface area contributed by atoms with Crippen molar-refractivity contribution in [3.8, 4) is 5.75 Å². The number of benzene rings is 2. The van der Waals surface area contributed by atoms with E-state index in [1.807, 2.05) is 54.6 Å². The van der Waals surface area contributed by atoms with Crippen LogP contribution in [0.2, 0.25) is 0 Å². The van der Waals surface area contributed by atoms with Gasteiger partial charge in [0.1, 0.15) is 17.1 Å². The minimum atomic E-state index is -0.0849. The van der Waals surface area contributed by atoms with Crippen molar-refractivity contribution < 1.29 is 13.9 Å². The summed E-state index contributed by atoms with van der Waals surface area (Å²) < 4.78 is 10.9. The number of methoxy groups -OCH3 is 1. The molecular formula is C20H19NO3. The molecular weight excluding hydrogens is 302 g/mol. The van der Waals surface area contributed by atoms with E-state index in [-0.39, 0.29) is 5.91 Å². The number of furan rings is 1. The van der Waals surface area contributed by atoms with Crippen LogP contribution in [0.4, 0.5) is 0 Å².